The minimum absolute atomic E-state index is 0.240. The van der Waals surface area contributed by atoms with Crippen molar-refractivity contribution in [1.82, 2.24) is 9.91 Å². The van der Waals surface area contributed by atoms with E-state index in [1.54, 1.807) is 14.0 Å². The number of hydrogen-bond acceptors (Lipinski definition) is 4. The maximum Gasteiger partial charge on any atom is 0.272 e. The Balaban J connectivity index is 2.92. The highest BCUT2D eigenvalue weighted by Crippen LogP contribution is 2.06. The third kappa shape index (κ3) is 1.19. The molecule has 0 saturated carbocycles. The van der Waals surface area contributed by atoms with Crippen molar-refractivity contribution >= 4 is 11.6 Å². The van der Waals surface area contributed by atoms with Crippen LogP contribution in [0.25, 0.3) is 0 Å². The van der Waals surface area contributed by atoms with Crippen molar-refractivity contribution in [3.63, 3.8) is 0 Å². The standard InChI is InChI=1S/C6H11N3O2/c1-4-5(10)8(2)6(11)9(3)7-4/h6,11H,1-3H3. The van der Waals surface area contributed by atoms with Gasteiger partial charge < -0.3 is 5.11 Å². The number of hydrazone groups is 1. The molecular formula is C6H11N3O2. The fraction of sp³-hybridized carbons (Fsp3) is 0.667. The molecule has 62 valence electrons. The van der Waals surface area contributed by atoms with Gasteiger partial charge in [0.2, 0.25) is 6.35 Å². The summed E-state index contributed by atoms with van der Waals surface area (Å²) >= 11 is 0. The number of aliphatic hydroxyl groups is 1. The molecule has 0 aromatic heterocycles. The minimum atomic E-state index is -0.939. The molecule has 1 amide bonds. The van der Waals surface area contributed by atoms with Crippen LogP contribution in [0.1, 0.15) is 6.92 Å². The predicted octanol–water partition coefficient (Wildman–Crippen LogP) is -0.958. The Morgan fingerprint density at radius 1 is 1.55 bits per heavy atom. The fourth-order valence-corrected chi connectivity index (χ4v) is 0.942. The van der Waals surface area contributed by atoms with Crippen LogP contribution in [0.2, 0.25) is 0 Å². The van der Waals surface area contributed by atoms with Crippen molar-refractivity contribution in [1.29, 1.82) is 0 Å². The molecule has 1 unspecified atom stereocenters. The van der Waals surface area contributed by atoms with E-state index in [2.05, 4.69) is 5.10 Å². The summed E-state index contributed by atoms with van der Waals surface area (Å²) < 4.78 is 0. The zero-order valence-electron chi connectivity index (χ0n) is 6.77. The van der Waals surface area contributed by atoms with Gasteiger partial charge in [-0.25, -0.2) is 0 Å². The lowest BCUT2D eigenvalue weighted by molar-refractivity contribution is -0.149. The highest BCUT2D eigenvalue weighted by molar-refractivity contribution is 6.38. The zero-order valence-corrected chi connectivity index (χ0v) is 6.77. The Bertz CT molecular complexity index is 214. The molecule has 1 N–H and O–H groups in total. The third-order valence-electron chi connectivity index (χ3n) is 1.62. The fourth-order valence-electron chi connectivity index (χ4n) is 0.942. The summed E-state index contributed by atoms with van der Waals surface area (Å²) in [5.74, 6) is -0.240. The first-order valence-electron chi connectivity index (χ1n) is 3.27. The third-order valence-corrected chi connectivity index (χ3v) is 1.62. The number of amides is 1. The van der Waals surface area contributed by atoms with Crippen molar-refractivity contribution in [2.24, 2.45) is 5.10 Å². The van der Waals surface area contributed by atoms with Crippen molar-refractivity contribution in [2.45, 2.75) is 13.3 Å². The summed E-state index contributed by atoms with van der Waals surface area (Å²) in [6, 6.07) is 0. The maximum atomic E-state index is 11.1. The van der Waals surface area contributed by atoms with Crippen LogP contribution in [0, 0.1) is 0 Å². The molecule has 0 spiro atoms. The number of carbonyl (C=O) groups is 1. The van der Waals surface area contributed by atoms with Crippen LogP contribution in [0.4, 0.5) is 0 Å². The predicted molar refractivity (Wildman–Crippen MR) is 39.6 cm³/mol. The lowest BCUT2D eigenvalue weighted by Gasteiger charge is -2.33. The number of carbonyl (C=O) groups excluding carboxylic acids is 1. The second kappa shape index (κ2) is 2.50. The van der Waals surface area contributed by atoms with Gasteiger partial charge in [-0.15, -0.1) is 0 Å². The lowest BCUT2D eigenvalue weighted by atomic mass is 10.3. The molecule has 0 aromatic rings. The Morgan fingerprint density at radius 2 is 2.09 bits per heavy atom. The Morgan fingerprint density at radius 3 is 2.64 bits per heavy atom. The molecule has 0 fully saturated rings. The van der Waals surface area contributed by atoms with Crippen LogP contribution >= 0.6 is 0 Å². The average Bonchev–Trinajstić information content (AvgIpc) is 1.97. The molecule has 5 nitrogen and oxygen atoms in total. The van der Waals surface area contributed by atoms with Crippen LogP contribution in [0.5, 0.6) is 0 Å². The van der Waals surface area contributed by atoms with E-state index in [9.17, 15) is 9.90 Å². The van der Waals surface area contributed by atoms with E-state index in [1.807, 2.05) is 0 Å². The maximum absolute atomic E-state index is 11.1. The molecular weight excluding hydrogens is 146 g/mol. The summed E-state index contributed by atoms with van der Waals surface area (Å²) in [5, 5.41) is 14.4. The molecule has 0 radical (unpaired) electrons. The van der Waals surface area contributed by atoms with Gasteiger partial charge in [-0.2, -0.15) is 5.10 Å². The first kappa shape index (κ1) is 8.00. The van der Waals surface area contributed by atoms with E-state index in [4.69, 9.17) is 0 Å². The van der Waals surface area contributed by atoms with Gasteiger partial charge in [-0.05, 0) is 6.92 Å². The SMILES string of the molecule is CC1=NN(C)C(O)N(C)C1=O. The molecule has 11 heavy (non-hydrogen) atoms. The van der Waals surface area contributed by atoms with E-state index >= 15 is 0 Å². The molecule has 1 rings (SSSR count). The Kier molecular flexibility index (Phi) is 1.82. The van der Waals surface area contributed by atoms with E-state index in [0.717, 1.165) is 0 Å². The summed E-state index contributed by atoms with van der Waals surface area (Å²) in [7, 11) is 3.14. The molecule has 5 heteroatoms. The highest BCUT2D eigenvalue weighted by Gasteiger charge is 2.27. The van der Waals surface area contributed by atoms with Crippen molar-refractivity contribution in [2.75, 3.05) is 14.1 Å². The van der Waals surface area contributed by atoms with Gasteiger partial charge in [-0.3, -0.25) is 14.7 Å². The normalized spacial score (nSPS) is 25.6. The molecule has 0 bridgehead atoms. The molecule has 0 aliphatic carbocycles. The number of aliphatic hydroxyl groups excluding tert-OH is 1. The highest BCUT2D eigenvalue weighted by atomic mass is 16.3. The molecule has 0 aromatic carbocycles. The van der Waals surface area contributed by atoms with Gasteiger partial charge in [0.1, 0.15) is 5.71 Å². The average molecular weight is 157 g/mol. The summed E-state index contributed by atoms with van der Waals surface area (Å²) in [4.78, 5) is 12.3. The minimum Gasteiger partial charge on any atom is -0.355 e. The van der Waals surface area contributed by atoms with E-state index in [-0.39, 0.29) is 5.91 Å². The first-order valence-corrected chi connectivity index (χ1v) is 3.27. The second-order valence-electron chi connectivity index (χ2n) is 2.52. The Labute approximate surface area is 64.9 Å². The van der Waals surface area contributed by atoms with Gasteiger partial charge in [0.25, 0.3) is 5.91 Å². The first-order chi connectivity index (χ1) is 5.04. The van der Waals surface area contributed by atoms with Gasteiger partial charge in [-0.1, -0.05) is 0 Å². The number of hydrogen-bond donors (Lipinski definition) is 1. The summed E-state index contributed by atoms with van der Waals surface area (Å²) in [6.45, 7) is 1.61. The zero-order chi connectivity index (χ0) is 8.59. The monoisotopic (exact) mass is 157 g/mol. The smallest absolute Gasteiger partial charge is 0.272 e. The van der Waals surface area contributed by atoms with Crippen LogP contribution in [0.15, 0.2) is 5.10 Å². The summed E-state index contributed by atoms with van der Waals surface area (Å²) in [6.07, 6.45) is -0.939. The van der Waals surface area contributed by atoms with Crippen LogP contribution in [0.3, 0.4) is 0 Å². The molecule has 1 aliphatic heterocycles. The number of rotatable bonds is 0. The van der Waals surface area contributed by atoms with E-state index in [1.165, 1.54) is 17.0 Å². The molecule has 1 aliphatic rings. The van der Waals surface area contributed by atoms with Gasteiger partial charge in [0.15, 0.2) is 0 Å². The van der Waals surface area contributed by atoms with Crippen molar-refractivity contribution in [3.05, 3.63) is 0 Å². The molecule has 1 atom stereocenters. The van der Waals surface area contributed by atoms with Gasteiger partial charge in [0, 0.05) is 14.1 Å². The topological polar surface area (TPSA) is 56.1 Å². The van der Waals surface area contributed by atoms with Crippen molar-refractivity contribution < 1.29 is 9.90 Å². The second-order valence-corrected chi connectivity index (χ2v) is 2.52. The summed E-state index contributed by atoms with van der Waals surface area (Å²) in [5.41, 5.74) is 0.389. The van der Waals surface area contributed by atoms with E-state index < -0.39 is 6.35 Å². The van der Waals surface area contributed by atoms with Crippen molar-refractivity contribution in [3.8, 4) is 0 Å². The Hall–Kier alpha value is -1.10. The van der Waals surface area contributed by atoms with E-state index in [0.29, 0.717) is 5.71 Å². The molecule has 0 saturated heterocycles. The van der Waals surface area contributed by atoms with Gasteiger partial charge in [0.05, 0.1) is 0 Å². The quantitative estimate of drug-likeness (QED) is 0.493. The molecule has 1 heterocycles. The lowest BCUT2D eigenvalue weighted by Crippen LogP contribution is -2.51. The van der Waals surface area contributed by atoms with Crippen LogP contribution < -0.4 is 0 Å². The van der Waals surface area contributed by atoms with Crippen LogP contribution in [-0.2, 0) is 4.79 Å². The van der Waals surface area contributed by atoms with Crippen LogP contribution in [-0.4, -0.2) is 47.1 Å². The largest absolute Gasteiger partial charge is 0.355 e. The number of nitrogens with zero attached hydrogens (tertiary/aromatic N) is 3. The van der Waals surface area contributed by atoms with Gasteiger partial charge >= 0.3 is 0 Å².